The monoisotopic (exact) mass is 263 g/mol. The Morgan fingerprint density at radius 1 is 1.32 bits per heavy atom. The van der Waals surface area contributed by atoms with Crippen molar-refractivity contribution in [3.63, 3.8) is 0 Å². The van der Waals surface area contributed by atoms with Crippen molar-refractivity contribution in [3.8, 4) is 0 Å². The maximum Gasteiger partial charge on any atom is 0.244 e. The van der Waals surface area contributed by atoms with Gasteiger partial charge in [0, 0.05) is 13.0 Å². The molecule has 0 saturated carbocycles. The van der Waals surface area contributed by atoms with Crippen molar-refractivity contribution in [2.75, 3.05) is 6.54 Å². The summed E-state index contributed by atoms with van der Waals surface area (Å²) in [7, 11) is 0. The van der Waals surface area contributed by atoms with Crippen molar-refractivity contribution in [2.24, 2.45) is 11.5 Å². The molecule has 0 bridgehead atoms. The SMILES string of the molecule is NC(=O)C1CC(O)CN1C(=O)[C@@H](N)c1ccccc1. The average Bonchev–Trinajstić information content (AvgIpc) is 2.80. The maximum absolute atomic E-state index is 12.3. The standard InChI is InChI=1S/C13H17N3O3/c14-11(8-4-2-1-3-5-8)13(19)16-7-9(17)6-10(16)12(15)18/h1-5,9-11,17H,6-7,14H2,(H2,15,18)/t9?,10?,11-/m0/s1. The third kappa shape index (κ3) is 2.74. The summed E-state index contributed by atoms with van der Waals surface area (Å²) >= 11 is 0. The lowest BCUT2D eigenvalue weighted by Gasteiger charge is -2.25. The number of primary amides is 1. The summed E-state index contributed by atoms with van der Waals surface area (Å²) in [4.78, 5) is 24.9. The molecule has 2 rings (SSSR count). The van der Waals surface area contributed by atoms with E-state index in [1.807, 2.05) is 6.07 Å². The van der Waals surface area contributed by atoms with Crippen LogP contribution in [0.5, 0.6) is 0 Å². The van der Waals surface area contributed by atoms with E-state index < -0.39 is 30.0 Å². The number of hydrogen-bond acceptors (Lipinski definition) is 4. The van der Waals surface area contributed by atoms with Crippen molar-refractivity contribution in [3.05, 3.63) is 35.9 Å². The molecule has 1 heterocycles. The Morgan fingerprint density at radius 2 is 1.95 bits per heavy atom. The van der Waals surface area contributed by atoms with Gasteiger partial charge in [-0.1, -0.05) is 30.3 Å². The number of hydrogen-bond donors (Lipinski definition) is 3. The highest BCUT2D eigenvalue weighted by Gasteiger charge is 2.39. The minimum absolute atomic E-state index is 0.0903. The van der Waals surface area contributed by atoms with Gasteiger partial charge >= 0.3 is 0 Å². The highest BCUT2D eigenvalue weighted by molar-refractivity contribution is 5.90. The molecule has 102 valence electrons. The molecule has 0 aromatic heterocycles. The van der Waals surface area contributed by atoms with Crippen LogP contribution in [0.15, 0.2) is 30.3 Å². The van der Waals surface area contributed by atoms with Crippen LogP contribution < -0.4 is 11.5 Å². The molecule has 0 aliphatic carbocycles. The molecule has 5 N–H and O–H groups in total. The van der Waals surface area contributed by atoms with Gasteiger partial charge in [0.15, 0.2) is 0 Å². The molecule has 0 radical (unpaired) electrons. The number of β-amino-alcohol motifs (C(OH)–C–C–N with tert-alkyl or cyclic N) is 1. The third-order valence-electron chi connectivity index (χ3n) is 3.32. The predicted molar refractivity (Wildman–Crippen MR) is 68.7 cm³/mol. The first-order valence-corrected chi connectivity index (χ1v) is 6.09. The lowest BCUT2D eigenvalue weighted by atomic mass is 10.1. The number of carbonyl (C=O) groups is 2. The number of rotatable bonds is 3. The van der Waals surface area contributed by atoms with Crippen molar-refractivity contribution in [2.45, 2.75) is 24.6 Å². The number of aliphatic hydroxyl groups is 1. The molecule has 2 unspecified atom stereocenters. The van der Waals surface area contributed by atoms with Crippen LogP contribution in [0, 0.1) is 0 Å². The van der Waals surface area contributed by atoms with Crippen LogP contribution in [0.25, 0.3) is 0 Å². The smallest absolute Gasteiger partial charge is 0.244 e. The largest absolute Gasteiger partial charge is 0.391 e. The summed E-state index contributed by atoms with van der Waals surface area (Å²) in [5.74, 6) is -1.02. The van der Waals surface area contributed by atoms with Gasteiger partial charge in [0.2, 0.25) is 11.8 Å². The molecule has 1 aromatic carbocycles. The molecule has 6 nitrogen and oxygen atoms in total. The second kappa shape index (κ2) is 5.38. The fourth-order valence-electron chi connectivity index (χ4n) is 2.31. The molecule has 0 spiro atoms. The van der Waals surface area contributed by atoms with Gasteiger partial charge in [-0.2, -0.15) is 0 Å². The zero-order valence-corrected chi connectivity index (χ0v) is 10.4. The Bertz CT molecular complexity index is 477. The molecule has 1 aromatic rings. The number of aliphatic hydroxyl groups excluding tert-OH is 1. The number of likely N-dealkylation sites (tertiary alicyclic amines) is 1. The molecule has 2 amide bonds. The Kier molecular flexibility index (Phi) is 3.82. The summed E-state index contributed by atoms with van der Waals surface area (Å²) in [6, 6.07) is 7.25. The average molecular weight is 263 g/mol. The number of nitrogens with zero attached hydrogens (tertiary/aromatic N) is 1. The van der Waals surface area contributed by atoms with E-state index in [1.54, 1.807) is 24.3 Å². The molecular formula is C13H17N3O3. The highest BCUT2D eigenvalue weighted by Crippen LogP contribution is 2.22. The van der Waals surface area contributed by atoms with Crippen molar-refractivity contribution in [1.82, 2.24) is 4.90 Å². The van der Waals surface area contributed by atoms with Gasteiger partial charge in [0.1, 0.15) is 12.1 Å². The van der Waals surface area contributed by atoms with Gasteiger partial charge < -0.3 is 21.5 Å². The topological polar surface area (TPSA) is 110 Å². The van der Waals surface area contributed by atoms with Gasteiger partial charge in [0.25, 0.3) is 0 Å². The molecule has 1 aliphatic rings. The summed E-state index contributed by atoms with van der Waals surface area (Å²) in [6.07, 6.45) is -0.563. The van der Waals surface area contributed by atoms with E-state index in [4.69, 9.17) is 11.5 Å². The molecule has 1 fully saturated rings. The van der Waals surface area contributed by atoms with Crippen LogP contribution >= 0.6 is 0 Å². The molecule has 19 heavy (non-hydrogen) atoms. The lowest BCUT2D eigenvalue weighted by molar-refractivity contribution is -0.138. The van der Waals surface area contributed by atoms with E-state index in [0.717, 1.165) is 0 Å². The van der Waals surface area contributed by atoms with Gasteiger partial charge in [-0.3, -0.25) is 9.59 Å². The number of amides is 2. The van der Waals surface area contributed by atoms with Crippen LogP contribution in [-0.4, -0.2) is 40.5 Å². The molecule has 6 heteroatoms. The maximum atomic E-state index is 12.3. The quantitative estimate of drug-likeness (QED) is 0.658. The Morgan fingerprint density at radius 3 is 2.53 bits per heavy atom. The highest BCUT2D eigenvalue weighted by atomic mass is 16.3. The van der Waals surface area contributed by atoms with Gasteiger partial charge in [-0.05, 0) is 5.56 Å². The Balaban J connectivity index is 2.17. The zero-order valence-electron chi connectivity index (χ0n) is 10.4. The normalized spacial score (nSPS) is 24.2. The van der Waals surface area contributed by atoms with Crippen LogP contribution in [0.4, 0.5) is 0 Å². The fraction of sp³-hybridized carbons (Fsp3) is 0.385. The van der Waals surface area contributed by atoms with E-state index in [2.05, 4.69) is 0 Å². The first-order chi connectivity index (χ1) is 9.00. The summed E-state index contributed by atoms with van der Waals surface area (Å²) in [5.41, 5.74) is 11.8. The summed E-state index contributed by atoms with van der Waals surface area (Å²) in [6.45, 7) is 0.0903. The molecular weight excluding hydrogens is 246 g/mol. The van der Waals surface area contributed by atoms with E-state index in [0.29, 0.717) is 5.56 Å². The first-order valence-electron chi connectivity index (χ1n) is 6.09. The first kappa shape index (κ1) is 13.5. The van der Waals surface area contributed by atoms with Crippen molar-refractivity contribution < 1.29 is 14.7 Å². The van der Waals surface area contributed by atoms with Crippen molar-refractivity contribution >= 4 is 11.8 Å². The number of nitrogens with two attached hydrogens (primary N) is 2. The van der Waals surface area contributed by atoms with Crippen LogP contribution in [0.1, 0.15) is 18.0 Å². The Labute approximate surface area is 111 Å². The Hall–Kier alpha value is -1.92. The van der Waals surface area contributed by atoms with Crippen LogP contribution in [0.3, 0.4) is 0 Å². The second-order valence-electron chi connectivity index (χ2n) is 4.69. The van der Waals surface area contributed by atoms with Crippen molar-refractivity contribution in [1.29, 1.82) is 0 Å². The molecule has 1 saturated heterocycles. The lowest BCUT2D eigenvalue weighted by Crippen LogP contribution is -2.47. The molecule has 1 aliphatic heterocycles. The minimum atomic E-state index is -0.853. The molecule has 3 atom stereocenters. The van der Waals surface area contributed by atoms with E-state index >= 15 is 0 Å². The second-order valence-corrected chi connectivity index (χ2v) is 4.69. The van der Waals surface area contributed by atoms with Crippen LogP contribution in [0.2, 0.25) is 0 Å². The fourth-order valence-corrected chi connectivity index (χ4v) is 2.31. The van der Waals surface area contributed by atoms with E-state index in [9.17, 15) is 14.7 Å². The predicted octanol–water partition coefficient (Wildman–Crippen LogP) is -0.866. The van der Waals surface area contributed by atoms with E-state index in [-0.39, 0.29) is 13.0 Å². The van der Waals surface area contributed by atoms with Gasteiger partial charge in [-0.25, -0.2) is 0 Å². The van der Waals surface area contributed by atoms with Gasteiger partial charge in [0.05, 0.1) is 6.10 Å². The zero-order chi connectivity index (χ0) is 14.0. The van der Waals surface area contributed by atoms with Gasteiger partial charge in [-0.15, -0.1) is 0 Å². The van der Waals surface area contributed by atoms with E-state index in [1.165, 1.54) is 4.90 Å². The number of benzene rings is 1. The number of carbonyl (C=O) groups excluding carboxylic acids is 2. The summed E-state index contributed by atoms with van der Waals surface area (Å²) < 4.78 is 0. The third-order valence-corrected chi connectivity index (χ3v) is 3.32. The summed E-state index contributed by atoms with van der Waals surface area (Å²) in [5, 5.41) is 9.58. The minimum Gasteiger partial charge on any atom is -0.391 e. The van der Waals surface area contributed by atoms with Crippen LogP contribution in [-0.2, 0) is 9.59 Å².